The maximum Gasteiger partial charge on any atom is 0.343 e. The number of carbonyl (C=O) groups is 2. The Labute approximate surface area is 272 Å². The quantitative estimate of drug-likeness (QED) is 0.118. The fourth-order valence-corrected chi connectivity index (χ4v) is 5.70. The molecule has 16 heteroatoms. The van der Waals surface area contributed by atoms with E-state index in [1.54, 1.807) is 4.57 Å². The molecule has 3 aromatic rings. The third kappa shape index (κ3) is 6.89. The van der Waals surface area contributed by atoms with Crippen LogP contribution in [0.3, 0.4) is 0 Å². The number of pyridine rings is 1. The molecule has 1 aromatic heterocycles. The molecule has 2 aromatic carbocycles. The summed E-state index contributed by atoms with van der Waals surface area (Å²) < 4.78 is 28.6. The van der Waals surface area contributed by atoms with Crippen LogP contribution >= 0.6 is 23.2 Å². The first-order valence-corrected chi connectivity index (χ1v) is 15.4. The molecule has 2 fully saturated rings. The highest BCUT2D eigenvalue weighted by molar-refractivity contribution is 6.53. The molecule has 0 radical (unpaired) electrons. The number of aromatic nitrogens is 1. The van der Waals surface area contributed by atoms with Gasteiger partial charge in [0.25, 0.3) is 11.6 Å². The Hall–Kier alpha value is -3.98. The zero-order valence-electron chi connectivity index (χ0n) is 24.9. The summed E-state index contributed by atoms with van der Waals surface area (Å²) in [5.41, 5.74) is -0.632. The number of carbonyl (C=O) groups excluding carboxylic acids is 2. The van der Waals surface area contributed by atoms with Crippen LogP contribution in [-0.4, -0.2) is 76.7 Å². The zero-order chi connectivity index (χ0) is 33.3. The largest absolute Gasteiger partial charge is 0.492 e. The molecule has 1 unspecified atom stereocenters. The van der Waals surface area contributed by atoms with Crippen LogP contribution in [0, 0.1) is 15.9 Å². The number of ether oxygens (including phenoxy) is 2. The van der Waals surface area contributed by atoms with E-state index in [-0.39, 0.29) is 45.7 Å². The van der Waals surface area contributed by atoms with Crippen LogP contribution in [0.15, 0.2) is 41.3 Å². The molecule has 3 N–H and O–H groups in total. The van der Waals surface area contributed by atoms with E-state index in [2.05, 4.69) is 10.6 Å². The molecular weight excluding hydrogens is 648 g/mol. The Balaban J connectivity index is 1.48. The molecule has 1 aliphatic carbocycles. The second-order valence-corrected chi connectivity index (χ2v) is 12.4. The first-order valence-electron chi connectivity index (χ1n) is 14.5. The van der Waals surface area contributed by atoms with Gasteiger partial charge in [0.15, 0.2) is 16.4 Å². The number of aliphatic hydroxyl groups is 1. The third-order valence-corrected chi connectivity index (χ3v) is 8.39. The van der Waals surface area contributed by atoms with Crippen LogP contribution in [0.25, 0.3) is 10.9 Å². The summed E-state index contributed by atoms with van der Waals surface area (Å²) in [6.07, 6.45) is 1.37. The normalized spacial score (nSPS) is 17.9. The van der Waals surface area contributed by atoms with Gasteiger partial charge in [-0.3, -0.25) is 19.7 Å². The SMILES string of the molecule is COc1c(N2CCNC(C)C2)c(F)cc2c(=O)c(C(=O)OC[C@@H](NC(=O)C(Cl)Cl)[C@H](O)c3ccc([N+](=O)[O-])cc3)cn(C3CC3)c12. The van der Waals surface area contributed by atoms with Crippen molar-refractivity contribution in [3.05, 3.63) is 73.8 Å². The minimum absolute atomic E-state index is 0.0643. The van der Waals surface area contributed by atoms with Crippen LogP contribution < -0.4 is 25.7 Å². The number of nitrogens with one attached hydrogen (secondary N) is 2. The zero-order valence-corrected chi connectivity index (χ0v) is 26.4. The van der Waals surface area contributed by atoms with Crippen LogP contribution in [0.1, 0.15) is 47.8 Å². The van der Waals surface area contributed by atoms with Crippen molar-refractivity contribution in [2.75, 3.05) is 38.3 Å². The molecule has 5 rings (SSSR count). The number of hydrogen-bond donors (Lipinski definition) is 3. The molecule has 0 bridgehead atoms. The molecule has 246 valence electrons. The van der Waals surface area contributed by atoms with Gasteiger partial charge in [-0.05, 0) is 43.5 Å². The number of nitro benzene ring substituents is 1. The molecule has 0 spiro atoms. The number of nitro groups is 1. The second kappa shape index (κ2) is 13.8. The third-order valence-electron chi connectivity index (χ3n) is 7.99. The van der Waals surface area contributed by atoms with Crippen LogP contribution in [0.5, 0.6) is 5.75 Å². The lowest BCUT2D eigenvalue weighted by atomic mass is 10.0. The van der Waals surface area contributed by atoms with Gasteiger partial charge in [0.05, 0.1) is 29.0 Å². The highest BCUT2D eigenvalue weighted by atomic mass is 35.5. The number of rotatable bonds is 11. The average molecular weight is 681 g/mol. The molecule has 1 amide bonds. The van der Waals surface area contributed by atoms with Gasteiger partial charge in [-0.25, -0.2) is 9.18 Å². The number of piperazine rings is 1. The highest BCUT2D eigenvalue weighted by Crippen LogP contribution is 2.44. The number of aliphatic hydroxyl groups excluding tert-OH is 1. The first-order chi connectivity index (χ1) is 21.9. The van der Waals surface area contributed by atoms with Gasteiger partial charge in [0.1, 0.15) is 24.0 Å². The standard InChI is InChI=1S/C30H32Cl2FN5O8/c1-15-12-36(10-9-34-15)24-21(33)11-19-23(27(24)45-2)37(17-7-8-17)13-20(26(19)40)30(42)46-14-22(35-29(41)28(31)32)25(39)16-3-5-18(6-4-16)38(43)44/h3-6,11,13,15,17,22,25,28,34,39H,7-10,12,14H2,1-2H3,(H,35,41)/t15?,22-,25-/m1/s1. The molecule has 1 aliphatic heterocycles. The van der Waals surface area contributed by atoms with E-state index in [4.69, 9.17) is 32.7 Å². The highest BCUT2D eigenvalue weighted by Gasteiger charge is 2.33. The van der Waals surface area contributed by atoms with Gasteiger partial charge in [-0.2, -0.15) is 0 Å². The Morgan fingerprint density at radius 1 is 1.26 bits per heavy atom. The summed E-state index contributed by atoms with van der Waals surface area (Å²) >= 11 is 11.3. The number of hydrogen-bond acceptors (Lipinski definition) is 10. The average Bonchev–Trinajstić information content (AvgIpc) is 3.88. The Kier molecular flexibility index (Phi) is 10.0. The van der Waals surface area contributed by atoms with Crippen molar-refractivity contribution in [3.63, 3.8) is 0 Å². The number of alkyl halides is 2. The monoisotopic (exact) mass is 679 g/mol. The number of amides is 1. The van der Waals surface area contributed by atoms with Gasteiger partial charge in [0.2, 0.25) is 5.43 Å². The van der Waals surface area contributed by atoms with E-state index in [1.165, 1.54) is 25.4 Å². The number of benzene rings is 2. The van der Waals surface area contributed by atoms with Crippen molar-refractivity contribution in [2.45, 2.75) is 48.8 Å². The first kappa shape index (κ1) is 33.4. The molecule has 13 nitrogen and oxygen atoms in total. The molecule has 3 atom stereocenters. The number of fused-ring (bicyclic) bond motifs is 1. The van der Waals surface area contributed by atoms with E-state index in [0.717, 1.165) is 31.0 Å². The minimum atomic E-state index is -1.52. The van der Waals surface area contributed by atoms with Crippen molar-refractivity contribution in [3.8, 4) is 5.75 Å². The summed E-state index contributed by atoms with van der Waals surface area (Å²) in [6, 6.07) is 4.70. The Morgan fingerprint density at radius 2 is 1.96 bits per heavy atom. The summed E-state index contributed by atoms with van der Waals surface area (Å²) in [5.74, 6) is -2.46. The number of halogens is 3. The Bertz CT molecular complexity index is 1720. The topological polar surface area (TPSA) is 165 Å². The molecule has 2 aliphatic rings. The van der Waals surface area contributed by atoms with Gasteiger partial charge >= 0.3 is 5.97 Å². The van der Waals surface area contributed by atoms with E-state index >= 15 is 4.39 Å². The van der Waals surface area contributed by atoms with E-state index in [9.17, 15) is 29.6 Å². The predicted molar refractivity (Wildman–Crippen MR) is 168 cm³/mol. The number of non-ortho nitro benzene ring substituents is 1. The van der Waals surface area contributed by atoms with Crippen molar-refractivity contribution in [1.82, 2.24) is 15.2 Å². The summed E-state index contributed by atoms with van der Waals surface area (Å²) in [7, 11) is 1.41. The smallest absolute Gasteiger partial charge is 0.343 e. The van der Waals surface area contributed by atoms with Crippen molar-refractivity contribution >= 4 is 57.4 Å². The van der Waals surface area contributed by atoms with Crippen molar-refractivity contribution in [1.29, 1.82) is 0 Å². The molecule has 1 saturated heterocycles. The molecular formula is C30H32Cl2FN5O8. The lowest BCUT2D eigenvalue weighted by Gasteiger charge is -2.35. The molecule has 1 saturated carbocycles. The van der Waals surface area contributed by atoms with Gasteiger partial charge in [-0.15, -0.1) is 0 Å². The molecule has 46 heavy (non-hydrogen) atoms. The van der Waals surface area contributed by atoms with Crippen molar-refractivity contribution in [2.24, 2.45) is 0 Å². The number of methoxy groups -OCH3 is 1. The number of esters is 1. The minimum Gasteiger partial charge on any atom is -0.492 e. The van der Waals surface area contributed by atoms with E-state index in [1.807, 2.05) is 11.8 Å². The fraction of sp³-hybridized carbons (Fsp3) is 0.433. The van der Waals surface area contributed by atoms with Gasteiger partial charge < -0.3 is 34.7 Å². The maximum atomic E-state index is 15.8. The fourth-order valence-electron chi connectivity index (χ4n) is 5.58. The second-order valence-electron chi connectivity index (χ2n) is 11.3. The van der Waals surface area contributed by atoms with Gasteiger partial charge in [0, 0.05) is 50.0 Å². The predicted octanol–water partition coefficient (Wildman–Crippen LogP) is 3.37. The van der Waals surface area contributed by atoms with Crippen LogP contribution in [0.4, 0.5) is 15.8 Å². The number of nitrogens with zero attached hydrogens (tertiary/aromatic N) is 3. The van der Waals surface area contributed by atoms with Crippen molar-refractivity contribution < 1.29 is 33.5 Å². The maximum absolute atomic E-state index is 15.8. The van der Waals surface area contributed by atoms with E-state index in [0.29, 0.717) is 25.2 Å². The lowest BCUT2D eigenvalue weighted by molar-refractivity contribution is -0.384. The summed E-state index contributed by atoms with van der Waals surface area (Å²) in [4.78, 5) is 50.2. The van der Waals surface area contributed by atoms with Crippen LogP contribution in [-0.2, 0) is 9.53 Å². The molecule has 2 heterocycles. The van der Waals surface area contributed by atoms with Crippen LogP contribution in [0.2, 0.25) is 0 Å². The Morgan fingerprint density at radius 3 is 2.54 bits per heavy atom. The summed E-state index contributed by atoms with van der Waals surface area (Å²) in [5, 5.41) is 27.6. The number of anilines is 1. The van der Waals surface area contributed by atoms with E-state index < -0.39 is 51.6 Å². The van der Waals surface area contributed by atoms with Gasteiger partial charge in [-0.1, -0.05) is 23.2 Å². The summed E-state index contributed by atoms with van der Waals surface area (Å²) in [6.45, 7) is 3.04. The lowest BCUT2D eigenvalue weighted by Crippen LogP contribution is -2.49.